The summed E-state index contributed by atoms with van der Waals surface area (Å²) in [4.78, 5) is 0. The molecule has 1 atom stereocenters. The van der Waals surface area contributed by atoms with E-state index in [0.717, 1.165) is 26.1 Å². The highest BCUT2D eigenvalue weighted by molar-refractivity contribution is 4.76. The van der Waals surface area contributed by atoms with E-state index in [9.17, 15) is 0 Å². The summed E-state index contributed by atoms with van der Waals surface area (Å²) in [5, 5.41) is 0. The van der Waals surface area contributed by atoms with E-state index in [-0.39, 0.29) is 11.5 Å². The van der Waals surface area contributed by atoms with Crippen molar-refractivity contribution >= 4 is 0 Å². The summed E-state index contributed by atoms with van der Waals surface area (Å²) >= 11 is 0. The molecule has 0 aromatic carbocycles. The van der Waals surface area contributed by atoms with Gasteiger partial charge in [0.25, 0.3) is 0 Å². The van der Waals surface area contributed by atoms with E-state index in [1.807, 2.05) is 6.92 Å². The van der Waals surface area contributed by atoms with Crippen molar-refractivity contribution in [1.29, 1.82) is 0 Å². The fraction of sp³-hybridized carbons (Fsp3) is 1.00. The molecule has 0 saturated heterocycles. The third kappa shape index (κ3) is 5.56. The largest absolute Gasteiger partial charge is 0.382 e. The van der Waals surface area contributed by atoms with Gasteiger partial charge in [-0.15, -0.1) is 0 Å². The third-order valence-electron chi connectivity index (χ3n) is 2.12. The molecule has 0 fully saturated rings. The lowest BCUT2D eigenvalue weighted by Gasteiger charge is -2.26. The summed E-state index contributed by atoms with van der Waals surface area (Å²) in [5.74, 6) is 0. The number of nitrogens with two attached hydrogens (primary N) is 1. The van der Waals surface area contributed by atoms with Crippen LogP contribution in [0.25, 0.3) is 0 Å². The second kappa shape index (κ2) is 5.55. The van der Waals surface area contributed by atoms with Crippen LogP contribution in [-0.4, -0.2) is 19.3 Å². The lowest BCUT2D eigenvalue weighted by molar-refractivity contribution is 0.137. The first-order chi connectivity index (χ1) is 5.48. The Labute approximate surface area is 76.5 Å². The van der Waals surface area contributed by atoms with E-state index in [4.69, 9.17) is 10.5 Å². The molecular formula is C10H23NO. The SMILES string of the molecule is CCOCCCC(N)C(C)(C)C. The lowest BCUT2D eigenvalue weighted by Crippen LogP contribution is -2.35. The minimum atomic E-state index is 0.228. The van der Waals surface area contributed by atoms with Crippen molar-refractivity contribution in [1.82, 2.24) is 0 Å². The van der Waals surface area contributed by atoms with Crippen molar-refractivity contribution < 1.29 is 4.74 Å². The Kier molecular flexibility index (Phi) is 5.51. The molecule has 0 bridgehead atoms. The number of rotatable bonds is 5. The Hall–Kier alpha value is -0.0800. The van der Waals surface area contributed by atoms with Crippen LogP contribution in [0, 0.1) is 5.41 Å². The van der Waals surface area contributed by atoms with Crippen molar-refractivity contribution in [3.05, 3.63) is 0 Å². The van der Waals surface area contributed by atoms with Crippen LogP contribution < -0.4 is 5.73 Å². The Morgan fingerprint density at radius 1 is 1.33 bits per heavy atom. The van der Waals surface area contributed by atoms with Gasteiger partial charge in [-0.25, -0.2) is 0 Å². The average molecular weight is 173 g/mol. The molecule has 1 unspecified atom stereocenters. The molecule has 2 N–H and O–H groups in total. The summed E-state index contributed by atoms with van der Waals surface area (Å²) in [6, 6.07) is 0.290. The van der Waals surface area contributed by atoms with E-state index >= 15 is 0 Å². The maximum absolute atomic E-state index is 5.98. The molecule has 0 aliphatic rings. The highest BCUT2D eigenvalue weighted by atomic mass is 16.5. The standard InChI is InChI=1S/C10H23NO/c1-5-12-8-6-7-9(11)10(2,3)4/h9H,5-8,11H2,1-4H3. The van der Waals surface area contributed by atoms with E-state index in [1.165, 1.54) is 0 Å². The number of ether oxygens (including phenoxy) is 1. The molecule has 0 rings (SSSR count). The van der Waals surface area contributed by atoms with E-state index < -0.39 is 0 Å². The van der Waals surface area contributed by atoms with Crippen LogP contribution in [0.3, 0.4) is 0 Å². The van der Waals surface area contributed by atoms with E-state index in [1.54, 1.807) is 0 Å². The minimum absolute atomic E-state index is 0.228. The van der Waals surface area contributed by atoms with E-state index in [0.29, 0.717) is 0 Å². The highest BCUT2D eigenvalue weighted by Crippen LogP contribution is 2.20. The zero-order valence-corrected chi connectivity index (χ0v) is 8.89. The molecule has 0 radical (unpaired) electrons. The fourth-order valence-electron chi connectivity index (χ4n) is 0.983. The fourth-order valence-corrected chi connectivity index (χ4v) is 0.983. The maximum atomic E-state index is 5.98. The minimum Gasteiger partial charge on any atom is -0.382 e. The Balaban J connectivity index is 3.38. The molecule has 2 heteroatoms. The van der Waals surface area contributed by atoms with Crippen LogP contribution in [-0.2, 0) is 4.74 Å². The summed E-state index contributed by atoms with van der Waals surface area (Å²) in [7, 11) is 0. The number of hydrogen-bond acceptors (Lipinski definition) is 2. The van der Waals surface area contributed by atoms with Gasteiger partial charge in [0, 0.05) is 19.3 Å². The third-order valence-corrected chi connectivity index (χ3v) is 2.12. The van der Waals surface area contributed by atoms with Crippen LogP contribution in [0.5, 0.6) is 0 Å². The number of hydrogen-bond donors (Lipinski definition) is 1. The Morgan fingerprint density at radius 2 is 1.92 bits per heavy atom. The Bertz CT molecular complexity index is 107. The van der Waals surface area contributed by atoms with Crippen molar-refractivity contribution in [3.8, 4) is 0 Å². The van der Waals surface area contributed by atoms with Crippen molar-refractivity contribution in [2.45, 2.75) is 46.6 Å². The van der Waals surface area contributed by atoms with Crippen molar-refractivity contribution in [2.75, 3.05) is 13.2 Å². The predicted molar refractivity (Wildman–Crippen MR) is 53.2 cm³/mol. The van der Waals surface area contributed by atoms with Gasteiger partial charge in [0.05, 0.1) is 0 Å². The van der Waals surface area contributed by atoms with Gasteiger partial charge in [-0.3, -0.25) is 0 Å². The Morgan fingerprint density at radius 3 is 2.33 bits per heavy atom. The van der Waals surface area contributed by atoms with Crippen LogP contribution in [0.1, 0.15) is 40.5 Å². The summed E-state index contributed by atoms with van der Waals surface area (Å²) in [5.41, 5.74) is 6.21. The summed E-state index contributed by atoms with van der Waals surface area (Å²) in [6.45, 7) is 10.2. The second-order valence-corrected chi connectivity index (χ2v) is 4.31. The first-order valence-corrected chi connectivity index (χ1v) is 4.81. The molecule has 12 heavy (non-hydrogen) atoms. The van der Waals surface area contributed by atoms with Crippen LogP contribution >= 0.6 is 0 Å². The lowest BCUT2D eigenvalue weighted by atomic mass is 9.85. The van der Waals surface area contributed by atoms with Crippen LogP contribution in [0.15, 0.2) is 0 Å². The molecule has 0 aromatic rings. The first kappa shape index (κ1) is 11.9. The van der Waals surface area contributed by atoms with Gasteiger partial charge < -0.3 is 10.5 Å². The normalized spacial score (nSPS) is 14.8. The van der Waals surface area contributed by atoms with E-state index in [2.05, 4.69) is 20.8 Å². The molecule has 2 nitrogen and oxygen atoms in total. The first-order valence-electron chi connectivity index (χ1n) is 4.81. The van der Waals surface area contributed by atoms with Gasteiger partial charge in [-0.05, 0) is 25.2 Å². The van der Waals surface area contributed by atoms with Crippen LogP contribution in [0.4, 0.5) is 0 Å². The molecule has 0 heterocycles. The maximum Gasteiger partial charge on any atom is 0.0466 e. The monoisotopic (exact) mass is 173 g/mol. The second-order valence-electron chi connectivity index (χ2n) is 4.31. The molecule has 0 aliphatic carbocycles. The topological polar surface area (TPSA) is 35.2 Å². The zero-order valence-electron chi connectivity index (χ0n) is 8.89. The van der Waals surface area contributed by atoms with Crippen LogP contribution in [0.2, 0.25) is 0 Å². The molecule has 0 aliphatic heterocycles. The van der Waals surface area contributed by atoms with Crippen molar-refractivity contribution in [3.63, 3.8) is 0 Å². The zero-order chi connectivity index (χ0) is 9.61. The quantitative estimate of drug-likeness (QED) is 0.647. The van der Waals surface area contributed by atoms with Gasteiger partial charge in [-0.2, -0.15) is 0 Å². The molecule has 0 saturated carbocycles. The molecule has 0 aromatic heterocycles. The van der Waals surface area contributed by atoms with Crippen molar-refractivity contribution in [2.24, 2.45) is 11.1 Å². The van der Waals surface area contributed by atoms with Gasteiger partial charge in [0.2, 0.25) is 0 Å². The van der Waals surface area contributed by atoms with Gasteiger partial charge >= 0.3 is 0 Å². The van der Waals surface area contributed by atoms with Gasteiger partial charge in [-0.1, -0.05) is 20.8 Å². The molecule has 0 amide bonds. The molecular weight excluding hydrogens is 150 g/mol. The highest BCUT2D eigenvalue weighted by Gasteiger charge is 2.19. The molecule has 0 spiro atoms. The summed E-state index contributed by atoms with van der Waals surface area (Å²) < 4.78 is 5.24. The smallest absolute Gasteiger partial charge is 0.0466 e. The predicted octanol–water partition coefficient (Wildman–Crippen LogP) is 2.18. The summed E-state index contributed by atoms with van der Waals surface area (Å²) in [6.07, 6.45) is 2.13. The van der Waals surface area contributed by atoms with Gasteiger partial charge in [0.15, 0.2) is 0 Å². The average Bonchev–Trinajstić information content (AvgIpc) is 1.96. The molecule has 74 valence electrons. The van der Waals surface area contributed by atoms with Gasteiger partial charge in [0.1, 0.15) is 0 Å².